The maximum atomic E-state index is 12.1. The molecule has 0 fully saturated rings. The van der Waals surface area contributed by atoms with Crippen molar-refractivity contribution in [1.82, 2.24) is 4.98 Å². The summed E-state index contributed by atoms with van der Waals surface area (Å²) >= 11 is 0. The number of aromatic nitrogens is 1. The smallest absolute Gasteiger partial charge is 0.342 e. The molecule has 1 aromatic carbocycles. The Morgan fingerprint density at radius 1 is 1.19 bits per heavy atom. The number of hydrogen-bond donors (Lipinski definition) is 4. The zero-order chi connectivity index (χ0) is 19.2. The number of nitrogens with two attached hydrogens (primary N) is 1. The van der Waals surface area contributed by atoms with Gasteiger partial charge in [0.1, 0.15) is 28.3 Å². The number of nitrogen functional groups attached to an aromatic ring is 1. The van der Waals surface area contributed by atoms with Crippen LogP contribution in [0.1, 0.15) is 46.5 Å². The topological polar surface area (TPSA) is 143 Å². The Morgan fingerprint density at radius 2 is 1.85 bits per heavy atom. The van der Waals surface area contributed by atoms with Crippen molar-refractivity contribution < 1.29 is 24.5 Å². The van der Waals surface area contributed by atoms with Crippen LogP contribution in [-0.2, 0) is 6.42 Å². The maximum Gasteiger partial charge on any atom is 0.342 e. The third kappa shape index (κ3) is 2.90. The van der Waals surface area contributed by atoms with Gasteiger partial charge in [0, 0.05) is 5.56 Å². The maximum absolute atomic E-state index is 12.1. The van der Waals surface area contributed by atoms with Crippen LogP contribution in [0.3, 0.4) is 0 Å². The minimum atomic E-state index is -1.53. The molecule has 0 amide bonds. The molecule has 0 atom stereocenters. The zero-order valence-electron chi connectivity index (χ0n) is 14.3. The number of rotatable bonds is 3. The second-order valence-corrected chi connectivity index (χ2v) is 6.79. The third-order valence-corrected chi connectivity index (χ3v) is 4.40. The first-order valence-corrected chi connectivity index (χ1v) is 7.95. The SMILES string of the molecule is CC1(C)CCc2cc(-c3c(C(=O)O)c(N)[nH]c(=O)c3C(=O)O)ccc2O1. The van der Waals surface area contributed by atoms with E-state index in [1.54, 1.807) is 12.1 Å². The van der Waals surface area contributed by atoms with Gasteiger partial charge in [0.15, 0.2) is 0 Å². The number of aryl methyl sites for hydroxylation is 1. The highest BCUT2D eigenvalue weighted by molar-refractivity contribution is 6.07. The van der Waals surface area contributed by atoms with Crippen molar-refractivity contribution >= 4 is 17.8 Å². The van der Waals surface area contributed by atoms with Gasteiger partial charge >= 0.3 is 11.9 Å². The van der Waals surface area contributed by atoms with Gasteiger partial charge in [-0.05, 0) is 49.9 Å². The molecular formula is C18H18N2O6. The standard InChI is InChI=1S/C18H18N2O6/c1-18(2)6-5-8-7-9(3-4-10(8)26-18)11-12(16(22)23)14(19)20-15(21)13(11)17(24)25/h3-4,7H,5-6H2,1-2H3,(H,22,23)(H,24,25)(H3,19,20,21). The largest absolute Gasteiger partial charge is 0.488 e. The molecule has 1 aromatic heterocycles. The Morgan fingerprint density at radius 3 is 2.46 bits per heavy atom. The first-order chi connectivity index (χ1) is 12.1. The summed E-state index contributed by atoms with van der Waals surface area (Å²) in [5.74, 6) is -2.70. The molecule has 0 bridgehead atoms. The molecule has 1 aliphatic rings. The van der Waals surface area contributed by atoms with Crippen LogP contribution < -0.4 is 16.0 Å². The van der Waals surface area contributed by atoms with Crippen LogP contribution in [0, 0.1) is 0 Å². The fraction of sp³-hybridized carbons (Fsp3) is 0.278. The second-order valence-electron chi connectivity index (χ2n) is 6.79. The molecule has 2 aromatic rings. The van der Waals surface area contributed by atoms with Crippen LogP contribution in [0.5, 0.6) is 5.75 Å². The van der Waals surface area contributed by atoms with Crippen molar-refractivity contribution in [3.8, 4) is 16.9 Å². The lowest BCUT2D eigenvalue weighted by Crippen LogP contribution is -2.32. The lowest BCUT2D eigenvalue weighted by Gasteiger charge is -2.32. The summed E-state index contributed by atoms with van der Waals surface area (Å²) in [6, 6.07) is 4.84. The number of carboxylic acids is 2. The van der Waals surface area contributed by atoms with E-state index in [9.17, 15) is 24.6 Å². The predicted molar refractivity (Wildman–Crippen MR) is 93.9 cm³/mol. The molecule has 0 aliphatic carbocycles. The van der Waals surface area contributed by atoms with E-state index in [2.05, 4.69) is 4.98 Å². The number of fused-ring (bicyclic) bond motifs is 1. The molecule has 8 heteroatoms. The second kappa shape index (κ2) is 5.91. The van der Waals surface area contributed by atoms with Gasteiger partial charge in [-0.25, -0.2) is 9.59 Å². The Hall–Kier alpha value is -3.29. The third-order valence-electron chi connectivity index (χ3n) is 4.40. The minimum absolute atomic E-state index is 0.209. The predicted octanol–water partition coefficient (Wildman–Crippen LogP) is 2.12. The number of aromatic carboxylic acids is 2. The number of benzene rings is 1. The number of pyridine rings is 1. The van der Waals surface area contributed by atoms with Crippen molar-refractivity contribution in [3.63, 3.8) is 0 Å². The molecule has 1 aliphatic heterocycles. The van der Waals surface area contributed by atoms with Crippen molar-refractivity contribution in [1.29, 1.82) is 0 Å². The van der Waals surface area contributed by atoms with Gasteiger partial charge in [-0.3, -0.25) is 4.79 Å². The Bertz CT molecular complexity index is 990. The van der Waals surface area contributed by atoms with E-state index in [0.29, 0.717) is 17.7 Å². The fourth-order valence-electron chi connectivity index (χ4n) is 3.15. The molecule has 5 N–H and O–H groups in total. The quantitative estimate of drug-likeness (QED) is 0.658. The monoisotopic (exact) mass is 358 g/mol. The molecule has 26 heavy (non-hydrogen) atoms. The summed E-state index contributed by atoms with van der Waals surface area (Å²) in [7, 11) is 0. The number of anilines is 1. The highest BCUT2D eigenvalue weighted by atomic mass is 16.5. The number of aromatic amines is 1. The van der Waals surface area contributed by atoms with Crippen molar-refractivity contribution in [2.75, 3.05) is 5.73 Å². The van der Waals surface area contributed by atoms with Crippen LogP contribution in [-0.4, -0.2) is 32.7 Å². The number of hydrogen-bond acceptors (Lipinski definition) is 5. The first-order valence-electron chi connectivity index (χ1n) is 7.95. The Kier molecular flexibility index (Phi) is 3.98. The molecule has 0 saturated carbocycles. The first kappa shape index (κ1) is 17.5. The van der Waals surface area contributed by atoms with Gasteiger partial charge < -0.3 is 25.7 Å². The lowest BCUT2D eigenvalue weighted by atomic mass is 9.90. The van der Waals surface area contributed by atoms with Crippen LogP contribution in [0.25, 0.3) is 11.1 Å². The summed E-state index contributed by atoms with van der Waals surface area (Å²) < 4.78 is 5.89. The Balaban J connectivity index is 2.29. The van der Waals surface area contributed by atoms with E-state index < -0.39 is 34.4 Å². The summed E-state index contributed by atoms with van der Waals surface area (Å²) in [6.45, 7) is 3.93. The number of ether oxygens (including phenoxy) is 1. The Labute approximate surface area is 148 Å². The lowest BCUT2D eigenvalue weighted by molar-refractivity contribution is 0.0695. The van der Waals surface area contributed by atoms with E-state index in [0.717, 1.165) is 12.0 Å². The average molecular weight is 358 g/mol. The normalized spacial score (nSPS) is 15.0. The summed E-state index contributed by atoms with van der Waals surface area (Å²) in [5.41, 5.74) is 4.17. The van der Waals surface area contributed by atoms with Gasteiger partial charge in [0.05, 0.1) is 0 Å². The van der Waals surface area contributed by atoms with Crippen LogP contribution in [0.15, 0.2) is 23.0 Å². The van der Waals surface area contributed by atoms with Crippen molar-refractivity contribution in [2.45, 2.75) is 32.3 Å². The van der Waals surface area contributed by atoms with E-state index >= 15 is 0 Å². The van der Waals surface area contributed by atoms with Gasteiger partial charge in [0.2, 0.25) is 0 Å². The molecule has 3 rings (SSSR count). The molecule has 0 spiro atoms. The summed E-state index contributed by atoms with van der Waals surface area (Å²) in [5, 5.41) is 18.9. The molecule has 0 unspecified atom stereocenters. The molecule has 2 heterocycles. The zero-order valence-corrected chi connectivity index (χ0v) is 14.3. The highest BCUT2D eigenvalue weighted by Gasteiger charge is 2.29. The molecular weight excluding hydrogens is 340 g/mol. The van der Waals surface area contributed by atoms with E-state index in [1.165, 1.54) is 6.07 Å². The minimum Gasteiger partial charge on any atom is -0.488 e. The van der Waals surface area contributed by atoms with Crippen molar-refractivity contribution in [3.05, 3.63) is 45.2 Å². The summed E-state index contributed by atoms with van der Waals surface area (Å²) in [6.07, 6.45) is 1.43. The number of carboxylic acid groups (broad SMARTS) is 2. The summed E-state index contributed by atoms with van der Waals surface area (Å²) in [4.78, 5) is 37.4. The van der Waals surface area contributed by atoms with Gasteiger partial charge in [-0.15, -0.1) is 0 Å². The fourth-order valence-corrected chi connectivity index (χ4v) is 3.15. The molecule has 136 valence electrons. The average Bonchev–Trinajstić information content (AvgIpc) is 2.52. The van der Waals surface area contributed by atoms with Crippen molar-refractivity contribution in [2.24, 2.45) is 0 Å². The van der Waals surface area contributed by atoms with Crippen LogP contribution in [0.4, 0.5) is 5.82 Å². The highest BCUT2D eigenvalue weighted by Crippen LogP contribution is 2.37. The molecule has 0 saturated heterocycles. The van der Waals surface area contributed by atoms with Crippen LogP contribution >= 0.6 is 0 Å². The van der Waals surface area contributed by atoms with E-state index in [-0.39, 0.29) is 11.2 Å². The van der Waals surface area contributed by atoms with E-state index in [4.69, 9.17) is 10.5 Å². The van der Waals surface area contributed by atoms with Gasteiger partial charge in [0.25, 0.3) is 5.56 Å². The van der Waals surface area contributed by atoms with Gasteiger partial charge in [-0.2, -0.15) is 0 Å². The number of H-pyrrole nitrogens is 1. The van der Waals surface area contributed by atoms with Gasteiger partial charge in [-0.1, -0.05) is 6.07 Å². The van der Waals surface area contributed by atoms with E-state index in [1.807, 2.05) is 13.8 Å². The molecule has 0 radical (unpaired) electrons. The number of nitrogens with one attached hydrogen (secondary N) is 1. The van der Waals surface area contributed by atoms with Crippen LogP contribution in [0.2, 0.25) is 0 Å². The number of carbonyl (C=O) groups is 2. The molecule has 8 nitrogen and oxygen atoms in total.